The first-order valence-electron chi connectivity index (χ1n) is 7.29. The first-order valence-corrected chi connectivity index (χ1v) is 7.29. The smallest absolute Gasteiger partial charge is 0.238 e. The van der Waals surface area contributed by atoms with Gasteiger partial charge in [-0.05, 0) is 18.6 Å². The zero-order valence-corrected chi connectivity index (χ0v) is 11.9. The van der Waals surface area contributed by atoms with E-state index in [4.69, 9.17) is 5.73 Å². The van der Waals surface area contributed by atoms with E-state index in [1.807, 2.05) is 17.0 Å². The van der Waals surface area contributed by atoms with Crippen LogP contribution in [-0.2, 0) is 9.59 Å². The second-order valence-electron chi connectivity index (χ2n) is 5.65. The van der Waals surface area contributed by atoms with Gasteiger partial charge in [-0.2, -0.15) is 0 Å². The number of nitrogens with one attached hydrogen (secondary N) is 1. The molecule has 0 aliphatic carbocycles. The SMILES string of the molecule is Nc1ccccc1NC(=O)CN1CCN2C(=O)CCC2C1. The van der Waals surface area contributed by atoms with Crippen LogP contribution >= 0.6 is 0 Å². The van der Waals surface area contributed by atoms with Crippen molar-refractivity contribution in [2.24, 2.45) is 0 Å². The van der Waals surface area contributed by atoms with Crippen LogP contribution in [0.1, 0.15) is 12.8 Å². The summed E-state index contributed by atoms with van der Waals surface area (Å²) < 4.78 is 0. The third kappa shape index (κ3) is 3.00. The number of benzene rings is 1. The molecule has 6 heteroatoms. The Hall–Kier alpha value is -2.08. The third-order valence-corrected chi connectivity index (χ3v) is 4.18. The Morgan fingerprint density at radius 2 is 2.14 bits per heavy atom. The van der Waals surface area contributed by atoms with Gasteiger partial charge in [0.15, 0.2) is 0 Å². The number of fused-ring (bicyclic) bond motifs is 1. The van der Waals surface area contributed by atoms with Gasteiger partial charge >= 0.3 is 0 Å². The van der Waals surface area contributed by atoms with Gasteiger partial charge in [0.25, 0.3) is 0 Å². The fourth-order valence-electron chi connectivity index (χ4n) is 3.08. The fraction of sp³-hybridized carbons (Fsp3) is 0.467. The van der Waals surface area contributed by atoms with Crippen molar-refractivity contribution >= 4 is 23.2 Å². The average Bonchev–Trinajstić information content (AvgIpc) is 2.82. The summed E-state index contributed by atoms with van der Waals surface area (Å²) in [5, 5.41) is 2.84. The highest BCUT2D eigenvalue weighted by Gasteiger charge is 2.35. The van der Waals surface area contributed by atoms with Crippen molar-refractivity contribution in [2.45, 2.75) is 18.9 Å². The van der Waals surface area contributed by atoms with Crippen LogP contribution in [0.25, 0.3) is 0 Å². The summed E-state index contributed by atoms with van der Waals surface area (Å²) >= 11 is 0. The van der Waals surface area contributed by atoms with E-state index >= 15 is 0 Å². The van der Waals surface area contributed by atoms with E-state index in [0.29, 0.717) is 24.3 Å². The Balaban J connectivity index is 1.54. The van der Waals surface area contributed by atoms with Crippen molar-refractivity contribution < 1.29 is 9.59 Å². The number of hydrogen-bond donors (Lipinski definition) is 2. The first kappa shape index (κ1) is 13.9. The Kier molecular flexibility index (Phi) is 3.79. The van der Waals surface area contributed by atoms with Gasteiger partial charge in [0.2, 0.25) is 11.8 Å². The summed E-state index contributed by atoms with van der Waals surface area (Å²) in [4.78, 5) is 27.8. The van der Waals surface area contributed by atoms with Gasteiger partial charge in [-0.15, -0.1) is 0 Å². The lowest BCUT2D eigenvalue weighted by Gasteiger charge is -2.37. The number of anilines is 2. The number of rotatable bonds is 3. The molecule has 0 spiro atoms. The number of nitrogen functional groups attached to an aromatic ring is 1. The number of carbonyl (C=O) groups excluding carboxylic acids is 2. The Morgan fingerprint density at radius 3 is 2.95 bits per heavy atom. The van der Waals surface area contributed by atoms with E-state index in [-0.39, 0.29) is 17.9 Å². The second kappa shape index (κ2) is 5.73. The lowest BCUT2D eigenvalue weighted by Crippen LogP contribution is -2.52. The van der Waals surface area contributed by atoms with Gasteiger partial charge in [-0.3, -0.25) is 14.5 Å². The summed E-state index contributed by atoms with van der Waals surface area (Å²) in [5.74, 6) is 0.187. The van der Waals surface area contributed by atoms with Crippen molar-refractivity contribution in [1.82, 2.24) is 9.80 Å². The molecule has 2 fully saturated rings. The highest BCUT2D eigenvalue weighted by atomic mass is 16.2. The molecule has 6 nitrogen and oxygen atoms in total. The molecule has 1 unspecified atom stereocenters. The standard InChI is InChI=1S/C15H20N4O2/c16-12-3-1-2-4-13(12)17-14(20)10-18-7-8-19-11(9-18)5-6-15(19)21/h1-4,11H,5-10,16H2,(H,17,20). The summed E-state index contributed by atoms with van der Waals surface area (Å²) in [6, 6.07) is 7.51. The number of carbonyl (C=O) groups is 2. The second-order valence-corrected chi connectivity index (χ2v) is 5.65. The maximum Gasteiger partial charge on any atom is 0.238 e. The summed E-state index contributed by atoms with van der Waals surface area (Å²) in [6.07, 6.45) is 1.55. The van der Waals surface area contributed by atoms with Crippen molar-refractivity contribution in [3.63, 3.8) is 0 Å². The molecule has 1 aromatic rings. The number of para-hydroxylation sites is 2. The molecule has 0 bridgehead atoms. The molecule has 3 rings (SSSR count). The lowest BCUT2D eigenvalue weighted by atomic mass is 10.1. The molecule has 0 radical (unpaired) electrons. The molecule has 21 heavy (non-hydrogen) atoms. The quantitative estimate of drug-likeness (QED) is 0.795. The van der Waals surface area contributed by atoms with Gasteiger partial charge < -0.3 is 16.0 Å². The molecule has 0 aromatic heterocycles. The predicted octanol–water partition coefficient (Wildman–Crippen LogP) is 0.514. The molecule has 3 N–H and O–H groups in total. The normalized spacial score (nSPS) is 22.2. The van der Waals surface area contributed by atoms with Gasteiger partial charge in [0, 0.05) is 32.1 Å². The zero-order valence-electron chi connectivity index (χ0n) is 11.9. The molecule has 2 saturated heterocycles. The number of hydrogen-bond acceptors (Lipinski definition) is 4. The van der Waals surface area contributed by atoms with Crippen LogP contribution in [0, 0.1) is 0 Å². The summed E-state index contributed by atoms with van der Waals surface area (Å²) in [6.45, 7) is 2.60. The molecule has 2 aliphatic rings. The average molecular weight is 288 g/mol. The minimum atomic E-state index is -0.0642. The molecule has 2 amide bonds. The highest BCUT2D eigenvalue weighted by molar-refractivity contribution is 5.95. The van der Waals surface area contributed by atoms with Crippen LogP contribution in [0.4, 0.5) is 11.4 Å². The van der Waals surface area contributed by atoms with Crippen LogP contribution in [0.15, 0.2) is 24.3 Å². The van der Waals surface area contributed by atoms with Crippen molar-refractivity contribution in [3.05, 3.63) is 24.3 Å². The number of amides is 2. The molecule has 2 heterocycles. The van der Waals surface area contributed by atoms with Gasteiger partial charge in [0.05, 0.1) is 17.9 Å². The van der Waals surface area contributed by atoms with E-state index < -0.39 is 0 Å². The minimum absolute atomic E-state index is 0.0642. The number of nitrogens with zero attached hydrogens (tertiary/aromatic N) is 2. The zero-order chi connectivity index (χ0) is 14.8. The fourth-order valence-corrected chi connectivity index (χ4v) is 3.08. The maximum absolute atomic E-state index is 12.1. The molecular weight excluding hydrogens is 268 g/mol. The number of piperazine rings is 1. The third-order valence-electron chi connectivity index (χ3n) is 4.18. The molecule has 1 aromatic carbocycles. The monoisotopic (exact) mass is 288 g/mol. The van der Waals surface area contributed by atoms with Crippen LogP contribution in [-0.4, -0.2) is 53.8 Å². The Morgan fingerprint density at radius 1 is 1.33 bits per heavy atom. The predicted molar refractivity (Wildman–Crippen MR) is 80.7 cm³/mol. The van der Waals surface area contributed by atoms with Gasteiger partial charge in [0.1, 0.15) is 0 Å². The lowest BCUT2D eigenvalue weighted by molar-refractivity contribution is -0.130. The van der Waals surface area contributed by atoms with Crippen molar-refractivity contribution in [1.29, 1.82) is 0 Å². The van der Waals surface area contributed by atoms with Crippen LogP contribution < -0.4 is 11.1 Å². The van der Waals surface area contributed by atoms with E-state index in [0.717, 1.165) is 26.1 Å². The van der Waals surface area contributed by atoms with Crippen LogP contribution in [0.3, 0.4) is 0 Å². The molecule has 112 valence electrons. The summed E-state index contributed by atoms with van der Waals surface area (Å²) in [7, 11) is 0. The summed E-state index contributed by atoms with van der Waals surface area (Å²) in [5.41, 5.74) is 7.03. The Bertz CT molecular complexity index is 560. The minimum Gasteiger partial charge on any atom is -0.397 e. The van der Waals surface area contributed by atoms with Gasteiger partial charge in [-0.25, -0.2) is 0 Å². The van der Waals surface area contributed by atoms with Gasteiger partial charge in [-0.1, -0.05) is 12.1 Å². The van der Waals surface area contributed by atoms with E-state index in [2.05, 4.69) is 10.2 Å². The van der Waals surface area contributed by atoms with Crippen LogP contribution in [0.5, 0.6) is 0 Å². The van der Waals surface area contributed by atoms with Crippen molar-refractivity contribution in [3.8, 4) is 0 Å². The largest absolute Gasteiger partial charge is 0.397 e. The van der Waals surface area contributed by atoms with Crippen LogP contribution in [0.2, 0.25) is 0 Å². The molecule has 2 aliphatic heterocycles. The molecular formula is C15H20N4O2. The van der Waals surface area contributed by atoms with E-state index in [1.54, 1.807) is 12.1 Å². The maximum atomic E-state index is 12.1. The highest BCUT2D eigenvalue weighted by Crippen LogP contribution is 2.23. The molecule has 1 atom stereocenters. The molecule has 0 saturated carbocycles. The number of nitrogens with two attached hydrogens (primary N) is 1. The first-order chi connectivity index (χ1) is 10.1. The van der Waals surface area contributed by atoms with Crippen molar-refractivity contribution in [2.75, 3.05) is 37.2 Å². The van der Waals surface area contributed by atoms with E-state index in [1.165, 1.54) is 0 Å². The Labute approximate surface area is 123 Å². The van der Waals surface area contributed by atoms with E-state index in [9.17, 15) is 9.59 Å². The topological polar surface area (TPSA) is 78.7 Å².